The number of carbonyl (C=O) groups excluding carboxylic acids is 1. The summed E-state index contributed by atoms with van der Waals surface area (Å²) >= 11 is 0. The van der Waals surface area contributed by atoms with E-state index in [2.05, 4.69) is 13.8 Å². The lowest BCUT2D eigenvalue weighted by Gasteiger charge is -2.13. The van der Waals surface area contributed by atoms with Crippen LogP contribution in [-0.2, 0) is 11.2 Å². The quantitative estimate of drug-likeness (QED) is 0.862. The van der Waals surface area contributed by atoms with Gasteiger partial charge in [-0.15, -0.1) is 0 Å². The molecule has 0 unspecified atom stereocenters. The molecule has 2 aromatic rings. The van der Waals surface area contributed by atoms with E-state index < -0.39 is 11.4 Å². The normalized spacial score (nSPS) is 11.1. The van der Waals surface area contributed by atoms with E-state index in [9.17, 15) is 14.7 Å². The van der Waals surface area contributed by atoms with Gasteiger partial charge in [-0.25, -0.2) is 4.79 Å². The average molecular weight is 303 g/mol. The van der Waals surface area contributed by atoms with Gasteiger partial charge in [-0.1, -0.05) is 19.9 Å². The molecule has 0 aliphatic heterocycles. The molecular weight excluding hydrogens is 282 g/mol. The monoisotopic (exact) mass is 303 g/mol. The van der Waals surface area contributed by atoms with E-state index in [1.165, 1.54) is 4.40 Å². The minimum Gasteiger partial charge on any atom is -0.493 e. The van der Waals surface area contributed by atoms with Gasteiger partial charge in [0.25, 0.3) is 0 Å². The Balaban J connectivity index is 2.70. The summed E-state index contributed by atoms with van der Waals surface area (Å²) in [6.07, 6.45) is 3.01. The van der Waals surface area contributed by atoms with Gasteiger partial charge in [0.1, 0.15) is 0 Å². The van der Waals surface area contributed by atoms with Crippen molar-refractivity contribution in [3.63, 3.8) is 0 Å². The van der Waals surface area contributed by atoms with Crippen LogP contribution >= 0.6 is 0 Å². The van der Waals surface area contributed by atoms with Crippen molar-refractivity contribution in [1.82, 2.24) is 4.40 Å². The smallest absolute Gasteiger partial charge is 0.347 e. The molecule has 0 amide bonds. The number of carbonyl (C=O) groups is 1. The Bertz CT molecular complexity index is 746. The number of pyridine rings is 2. The van der Waals surface area contributed by atoms with Crippen molar-refractivity contribution in [2.24, 2.45) is 5.92 Å². The number of fused-ring (bicyclic) bond motifs is 1. The standard InChI is InChI=1S/C17H21NO4/c1-4-22-17(21)14-15(19)12(9-8-11(2)3)13-7-5-6-10-18(13)16(14)20/h5-7,10-11,20H,4,8-9H2,1-3H3. The molecule has 0 aliphatic rings. The molecule has 118 valence electrons. The highest BCUT2D eigenvalue weighted by Gasteiger charge is 2.23. The third-order valence-corrected chi connectivity index (χ3v) is 3.57. The van der Waals surface area contributed by atoms with Crippen molar-refractivity contribution in [3.8, 4) is 5.88 Å². The maximum absolute atomic E-state index is 12.7. The van der Waals surface area contributed by atoms with Crippen molar-refractivity contribution in [3.05, 3.63) is 45.7 Å². The number of ether oxygens (including phenoxy) is 1. The third-order valence-electron chi connectivity index (χ3n) is 3.57. The van der Waals surface area contributed by atoms with Gasteiger partial charge in [-0.3, -0.25) is 9.20 Å². The van der Waals surface area contributed by atoms with Gasteiger partial charge in [-0.05, 0) is 37.8 Å². The van der Waals surface area contributed by atoms with Gasteiger partial charge < -0.3 is 9.84 Å². The molecule has 22 heavy (non-hydrogen) atoms. The van der Waals surface area contributed by atoms with E-state index in [0.29, 0.717) is 23.4 Å². The molecule has 0 aromatic carbocycles. The van der Waals surface area contributed by atoms with Crippen molar-refractivity contribution >= 4 is 11.5 Å². The van der Waals surface area contributed by atoms with Crippen molar-refractivity contribution < 1.29 is 14.6 Å². The number of aryl methyl sites for hydroxylation is 1. The molecule has 0 spiro atoms. The SMILES string of the molecule is CCOC(=O)c1c(O)n2ccccc2c(CCC(C)C)c1=O. The summed E-state index contributed by atoms with van der Waals surface area (Å²) in [6, 6.07) is 5.31. The van der Waals surface area contributed by atoms with E-state index in [-0.39, 0.29) is 18.1 Å². The number of rotatable bonds is 5. The fourth-order valence-corrected chi connectivity index (χ4v) is 2.42. The molecule has 2 heterocycles. The van der Waals surface area contributed by atoms with Crippen LogP contribution in [0.1, 0.15) is 43.1 Å². The Morgan fingerprint density at radius 3 is 2.73 bits per heavy atom. The first kappa shape index (κ1) is 16.1. The lowest BCUT2D eigenvalue weighted by atomic mass is 10.00. The molecule has 2 aromatic heterocycles. The minimum atomic E-state index is -0.783. The molecule has 0 bridgehead atoms. The molecule has 5 nitrogen and oxygen atoms in total. The van der Waals surface area contributed by atoms with Crippen molar-refractivity contribution in [1.29, 1.82) is 0 Å². The molecule has 5 heteroatoms. The van der Waals surface area contributed by atoms with Gasteiger partial charge in [0.15, 0.2) is 5.56 Å². The summed E-state index contributed by atoms with van der Waals surface area (Å²) < 4.78 is 6.37. The largest absolute Gasteiger partial charge is 0.493 e. The molecule has 0 fully saturated rings. The molecule has 0 atom stereocenters. The first-order valence-corrected chi connectivity index (χ1v) is 7.49. The fourth-order valence-electron chi connectivity index (χ4n) is 2.42. The van der Waals surface area contributed by atoms with Crippen LogP contribution in [0.5, 0.6) is 5.88 Å². The van der Waals surface area contributed by atoms with Crippen LogP contribution in [0.3, 0.4) is 0 Å². The van der Waals surface area contributed by atoms with E-state index in [4.69, 9.17) is 4.74 Å². The number of hydrogen-bond donors (Lipinski definition) is 1. The summed E-state index contributed by atoms with van der Waals surface area (Å²) in [5, 5.41) is 10.3. The molecule has 2 rings (SSSR count). The van der Waals surface area contributed by atoms with E-state index in [1.807, 2.05) is 0 Å². The molecule has 0 saturated carbocycles. The molecular formula is C17H21NO4. The van der Waals surface area contributed by atoms with E-state index in [0.717, 1.165) is 6.42 Å². The Morgan fingerprint density at radius 1 is 1.36 bits per heavy atom. The van der Waals surface area contributed by atoms with Gasteiger partial charge in [0.2, 0.25) is 11.3 Å². The molecule has 1 N–H and O–H groups in total. The van der Waals surface area contributed by atoms with Crippen LogP contribution in [0.15, 0.2) is 29.2 Å². The van der Waals surface area contributed by atoms with Crippen molar-refractivity contribution in [2.45, 2.75) is 33.6 Å². The predicted octanol–water partition coefficient (Wildman–Crippen LogP) is 2.77. The second-order valence-electron chi connectivity index (χ2n) is 5.62. The molecule has 0 aliphatic carbocycles. The summed E-state index contributed by atoms with van der Waals surface area (Å²) in [5.41, 5.74) is 0.431. The van der Waals surface area contributed by atoms with Crippen LogP contribution in [0, 0.1) is 5.92 Å². The summed E-state index contributed by atoms with van der Waals surface area (Å²) in [5.74, 6) is -0.718. The minimum absolute atomic E-state index is 0.149. The second-order valence-corrected chi connectivity index (χ2v) is 5.62. The van der Waals surface area contributed by atoms with Crippen LogP contribution in [0.25, 0.3) is 5.52 Å². The molecule has 0 saturated heterocycles. The number of nitrogens with zero attached hydrogens (tertiary/aromatic N) is 1. The van der Waals surface area contributed by atoms with Crippen LogP contribution in [0.2, 0.25) is 0 Å². The maximum Gasteiger partial charge on any atom is 0.347 e. The van der Waals surface area contributed by atoms with Gasteiger partial charge in [0, 0.05) is 11.8 Å². The average Bonchev–Trinajstić information content (AvgIpc) is 2.47. The Hall–Kier alpha value is -2.30. The Morgan fingerprint density at radius 2 is 2.09 bits per heavy atom. The highest BCUT2D eigenvalue weighted by molar-refractivity contribution is 5.92. The Labute approximate surface area is 129 Å². The summed E-state index contributed by atoms with van der Waals surface area (Å²) in [7, 11) is 0. The van der Waals surface area contributed by atoms with E-state index in [1.54, 1.807) is 31.3 Å². The first-order valence-electron chi connectivity index (χ1n) is 7.49. The number of esters is 1. The third kappa shape index (κ3) is 2.98. The lowest BCUT2D eigenvalue weighted by molar-refractivity contribution is 0.0520. The topological polar surface area (TPSA) is 68.0 Å². The van der Waals surface area contributed by atoms with Gasteiger partial charge in [-0.2, -0.15) is 0 Å². The van der Waals surface area contributed by atoms with E-state index >= 15 is 0 Å². The first-order chi connectivity index (χ1) is 10.5. The summed E-state index contributed by atoms with van der Waals surface area (Å²) in [6.45, 7) is 5.96. The lowest BCUT2D eigenvalue weighted by Crippen LogP contribution is -2.23. The number of hydrogen-bond acceptors (Lipinski definition) is 4. The number of aromatic hydroxyl groups is 1. The highest BCUT2D eigenvalue weighted by Crippen LogP contribution is 2.21. The van der Waals surface area contributed by atoms with Gasteiger partial charge >= 0.3 is 5.97 Å². The maximum atomic E-state index is 12.7. The van der Waals surface area contributed by atoms with Crippen LogP contribution < -0.4 is 5.43 Å². The zero-order chi connectivity index (χ0) is 16.3. The molecule has 0 radical (unpaired) electrons. The van der Waals surface area contributed by atoms with Crippen LogP contribution in [-0.4, -0.2) is 22.1 Å². The number of aromatic nitrogens is 1. The Kier molecular flexibility index (Phi) is 4.85. The van der Waals surface area contributed by atoms with Crippen molar-refractivity contribution in [2.75, 3.05) is 6.61 Å². The highest BCUT2D eigenvalue weighted by atomic mass is 16.5. The zero-order valence-electron chi connectivity index (χ0n) is 13.1. The second kappa shape index (κ2) is 6.64. The summed E-state index contributed by atoms with van der Waals surface area (Å²) in [4.78, 5) is 24.7. The zero-order valence-corrected chi connectivity index (χ0v) is 13.1. The van der Waals surface area contributed by atoms with Crippen LogP contribution in [0.4, 0.5) is 0 Å². The van der Waals surface area contributed by atoms with Gasteiger partial charge in [0.05, 0.1) is 12.1 Å². The fraction of sp³-hybridized carbons (Fsp3) is 0.412. The predicted molar refractivity (Wildman–Crippen MR) is 84.4 cm³/mol.